The first kappa shape index (κ1) is 20.1. The summed E-state index contributed by atoms with van der Waals surface area (Å²) in [6.07, 6.45) is 3.73. The van der Waals surface area contributed by atoms with E-state index in [4.69, 9.17) is 14.0 Å². The van der Waals surface area contributed by atoms with E-state index in [-0.39, 0.29) is 12.5 Å². The van der Waals surface area contributed by atoms with Crippen LogP contribution in [0, 0.1) is 0 Å². The van der Waals surface area contributed by atoms with Crippen LogP contribution in [-0.4, -0.2) is 34.7 Å². The van der Waals surface area contributed by atoms with Crippen molar-refractivity contribution in [2.45, 2.75) is 6.42 Å². The Kier molecular flexibility index (Phi) is 6.18. The smallest absolute Gasteiger partial charge is 0.262 e. The SMILES string of the molecule is COc1cccc(OCC(=O)Nc2ccccc2Cc2nc(-c3cccnc3)no2)c1. The molecule has 2 aromatic carbocycles. The second kappa shape index (κ2) is 9.53. The van der Waals surface area contributed by atoms with E-state index in [9.17, 15) is 4.79 Å². The summed E-state index contributed by atoms with van der Waals surface area (Å²) < 4.78 is 16.1. The van der Waals surface area contributed by atoms with Gasteiger partial charge < -0.3 is 19.3 Å². The standard InChI is InChI=1S/C23H20N4O4/c1-29-18-8-4-9-19(13-18)30-15-21(28)25-20-10-3-2-6-16(20)12-22-26-23(27-31-22)17-7-5-11-24-14-17/h2-11,13-14H,12,15H2,1H3,(H,25,28). The zero-order valence-corrected chi connectivity index (χ0v) is 16.8. The fraction of sp³-hybridized carbons (Fsp3) is 0.130. The molecule has 0 unspecified atom stereocenters. The zero-order chi connectivity index (χ0) is 21.5. The van der Waals surface area contributed by atoms with Crippen LogP contribution in [0.3, 0.4) is 0 Å². The number of pyridine rings is 1. The quantitative estimate of drug-likeness (QED) is 0.467. The zero-order valence-electron chi connectivity index (χ0n) is 16.8. The van der Waals surface area contributed by atoms with Crippen LogP contribution in [0.1, 0.15) is 11.5 Å². The first-order valence-electron chi connectivity index (χ1n) is 9.59. The molecule has 156 valence electrons. The van der Waals surface area contributed by atoms with Crippen LogP contribution < -0.4 is 14.8 Å². The summed E-state index contributed by atoms with van der Waals surface area (Å²) in [5.41, 5.74) is 2.27. The molecule has 0 atom stereocenters. The molecule has 31 heavy (non-hydrogen) atoms. The molecule has 4 rings (SSSR count). The van der Waals surface area contributed by atoms with Gasteiger partial charge in [-0.05, 0) is 35.9 Å². The van der Waals surface area contributed by atoms with Crippen LogP contribution in [0.15, 0.2) is 77.6 Å². The van der Waals surface area contributed by atoms with Crippen molar-refractivity contribution < 1.29 is 18.8 Å². The van der Waals surface area contributed by atoms with Gasteiger partial charge in [-0.3, -0.25) is 9.78 Å². The summed E-state index contributed by atoms with van der Waals surface area (Å²) in [5, 5.41) is 6.88. The van der Waals surface area contributed by atoms with E-state index in [0.717, 1.165) is 11.1 Å². The average molecular weight is 416 g/mol. The third-order valence-corrected chi connectivity index (χ3v) is 4.43. The lowest BCUT2D eigenvalue weighted by Gasteiger charge is -2.11. The molecule has 2 aromatic heterocycles. The van der Waals surface area contributed by atoms with Crippen molar-refractivity contribution >= 4 is 11.6 Å². The van der Waals surface area contributed by atoms with E-state index in [2.05, 4.69) is 20.4 Å². The summed E-state index contributed by atoms with van der Waals surface area (Å²) in [6.45, 7) is -0.132. The third-order valence-electron chi connectivity index (χ3n) is 4.43. The lowest BCUT2D eigenvalue weighted by molar-refractivity contribution is -0.118. The van der Waals surface area contributed by atoms with Gasteiger partial charge in [0.15, 0.2) is 6.61 Å². The number of hydrogen-bond donors (Lipinski definition) is 1. The minimum Gasteiger partial charge on any atom is -0.497 e. The number of nitrogens with one attached hydrogen (secondary N) is 1. The maximum atomic E-state index is 12.4. The Morgan fingerprint density at radius 1 is 1.06 bits per heavy atom. The van der Waals surface area contributed by atoms with Crippen LogP contribution >= 0.6 is 0 Å². The number of hydrogen-bond acceptors (Lipinski definition) is 7. The number of carbonyl (C=O) groups excluding carboxylic acids is 1. The fourth-order valence-corrected chi connectivity index (χ4v) is 2.92. The van der Waals surface area contributed by atoms with Crippen LogP contribution in [0.2, 0.25) is 0 Å². The van der Waals surface area contributed by atoms with Crippen molar-refractivity contribution in [2.24, 2.45) is 0 Å². The number of methoxy groups -OCH3 is 1. The average Bonchev–Trinajstić information content (AvgIpc) is 3.28. The largest absolute Gasteiger partial charge is 0.497 e. The molecule has 8 heteroatoms. The summed E-state index contributed by atoms with van der Waals surface area (Å²) in [7, 11) is 1.58. The van der Waals surface area contributed by atoms with Gasteiger partial charge in [-0.15, -0.1) is 0 Å². The highest BCUT2D eigenvalue weighted by molar-refractivity contribution is 5.92. The van der Waals surface area contributed by atoms with Crippen LogP contribution in [-0.2, 0) is 11.2 Å². The third kappa shape index (κ3) is 5.24. The van der Waals surface area contributed by atoms with E-state index in [0.29, 0.717) is 35.3 Å². The Bertz CT molecular complexity index is 1160. The Morgan fingerprint density at radius 2 is 1.94 bits per heavy atom. The summed E-state index contributed by atoms with van der Waals surface area (Å²) in [5.74, 6) is 1.84. The number of anilines is 1. The number of amides is 1. The Balaban J connectivity index is 1.40. The van der Waals surface area contributed by atoms with Crippen molar-refractivity contribution in [3.05, 3.63) is 84.5 Å². The van der Waals surface area contributed by atoms with Gasteiger partial charge in [0.1, 0.15) is 11.5 Å². The van der Waals surface area contributed by atoms with Crippen molar-refractivity contribution in [1.29, 1.82) is 0 Å². The Hall–Kier alpha value is -4.20. The van der Waals surface area contributed by atoms with Crippen molar-refractivity contribution in [3.8, 4) is 22.9 Å². The number of nitrogens with zero attached hydrogens (tertiary/aromatic N) is 3. The minimum atomic E-state index is -0.281. The van der Waals surface area contributed by atoms with Gasteiger partial charge in [0.05, 0.1) is 13.5 Å². The minimum absolute atomic E-state index is 0.132. The number of aromatic nitrogens is 3. The van der Waals surface area contributed by atoms with Gasteiger partial charge in [0, 0.05) is 29.7 Å². The van der Waals surface area contributed by atoms with Gasteiger partial charge in [-0.1, -0.05) is 29.4 Å². The van der Waals surface area contributed by atoms with Gasteiger partial charge in [0.25, 0.3) is 5.91 Å². The molecular formula is C23H20N4O4. The first-order chi connectivity index (χ1) is 15.2. The number of benzene rings is 2. The Labute approximate surface area is 178 Å². The number of para-hydroxylation sites is 1. The number of ether oxygens (including phenoxy) is 2. The monoisotopic (exact) mass is 416 g/mol. The second-order valence-corrected chi connectivity index (χ2v) is 6.60. The highest BCUT2D eigenvalue weighted by atomic mass is 16.5. The van der Waals surface area contributed by atoms with E-state index >= 15 is 0 Å². The molecule has 1 amide bonds. The van der Waals surface area contributed by atoms with Crippen molar-refractivity contribution in [2.75, 3.05) is 19.0 Å². The molecule has 1 N–H and O–H groups in total. The predicted octanol–water partition coefficient (Wildman–Crippen LogP) is 3.75. The molecule has 8 nitrogen and oxygen atoms in total. The molecule has 4 aromatic rings. The lowest BCUT2D eigenvalue weighted by Crippen LogP contribution is -2.21. The second-order valence-electron chi connectivity index (χ2n) is 6.60. The van der Waals surface area contributed by atoms with E-state index in [1.807, 2.05) is 36.4 Å². The Morgan fingerprint density at radius 3 is 2.77 bits per heavy atom. The summed E-state index contributed by atoms with van der Waals surface area (Å²) >= 11 is 0. The topological polar surface area (TPSA) is 99.4 Å². The first-order valence-corrected chi connectivity index (χ1v) is 9.59. The summed E-state index contributed by atoms with van der Waals surface area (Å²) in [6, 6.07) is 18.2. The summed E-state index contributed by atoms with van der Waals surface area (Å²) in [4.78, 5) is 20.9. The molecule has 0 saturated heterocycles. The van der Waals surface area contributed by atoms with E-state index in [1.165, 1.54) is 0 Å². The molecule has 0 fully saturated rings. The van der Waals surface area contributed by atoms with Gasteiger partial charge in [-0.2, -0.15) is 4.98 Å². The molecule has 0 aliphatic heterocycles. The molecular weight excluding hydrogens is 396 g/mol. The number of rotatable bonds is 8. The maximum Gasteiger partial charge on any atom is 0.262 e. The molecule has 0 spiro atoms. The predicted molar refractivity (Wildman–Crippen MR) is 114 cm³/mol. The molecule has 2 heterocycles. The van der Waals surface area contributed by atoms with Crippen LogP contribution in [0.5, 0.6) is 11.5 Å². The molecule has 0 aliphatic carbocycles. The normalized spacial score (nSPS) is 10.5. The molecule has 0 radical (unpaired) electrons. The van der Waals surface area contributed by atoms with Gasteiger partial charge in [-0.25, -0.2) is 0 Å². The molecule has 0 aliphatic rings. The maximum absolute atomic E-state index is 12.4. The van der Waals surface area contributed by atoms with Crippen molar-refractivity contribution in [1.82, 2.24) is 15.1 Å². The van der Waals surface area contributed by atoms with Crippen molar-refractivity contribution in [3.63, 3.8) is 0 Å². The van der Waals surface area contributed by atoms with Crippen LogP contribution in [0.25, 0.3) is 11.4 Å². The highest BCUT2D eigenvalue weighted by Crippen LogP contribution is 2.21. The van der Waals surface area contributed by atoms with Gasteiger partial charge in [0.2, 0.25) is 11.7 Å². The molecule has 0 bridgehead atoms. The highest BCUT2D eigenvalue weighted by Gasteiger charge is 2.13. The van der Waals surface area contributed by atoms with Gasteiger partial charge >= 0.3 is 0 Å². The van der Waals surface area contributed by atoms with Crippen LogP contribution in [0.4, 0.5) is 5.69 Å². The van der Waals surface area contributed by atoms with E-state index in [1.54, 1.807) is 43.8 Å². The lowest BCUT2D eigenvalue weighted by atomic mass is 10.1. The van der Waals surface area contributed by atoms with E-state index < -0.39 is 0 Å². The number of carbonyl (C=O) groups is 1. The fourth-order valence-electron chi connectivity index (χ4n) is 2.92. The molecule has 0 saturated carbocycles.